The molecule has 7 nitrogen and oxygen atoms in total. The van der Waals surface area contributed by atoms with Crippen molar-refractivity contribution in [1.82, 2.24) is 24.4 Å². The number of carbonyl (C=O) groups is 1. The Morgan fingerprint density at radius 1 is 1.26 bits per heavy atom. The summed E-state index contributed by atoms with van der Waals surface area (Å²) in [7, 11) is 1.71. The highest BCUT2D eigenvalue weighted by molar-refractivity contribution is 5.88. The third-order valence-electron chi connectivity index (χ3n) is 3.62. The van der Waals surface area contributed by atoms with Gasteiger partial charge in [-0.1, -0.05) is 18.2 Å². The van der Waals surface area contributed by atoms with Gasteiger partial charge in [-0.15, -0.1) is 5.10 Å². The zero-order chi connectivity index (χ0) is 16.0. The molecule has 0 spiro atoms. The number of aromatic nitrogens is 5. The number of imidazole rings is 1. The van der Waals surface area contributed by atoms with Crippen LogP contribution in [0.5, 0.6) is 0 Å². The number of nitrogens with one attached hydrogen (secondary N) is 1. The van der Waals surface area contributed by atoms with Crippen molar-refractivity contribution in [1.29, 1.82) is 0 Å². The standard InChI is InChI=1S/C15H11FN6O/c1-17-10-6-13(20-22-12(14(16)23)8-18-15(10)22)21-11-5-3-2-4-9(11)7-19-21/h2-8,17H,1H3. The first-order chi connectivity index (χ1) is 11.2. The molecule has 1 N–H and O–H groups in total. The van der Waals surface area contributed by atoms with Crippen LogP contribution < -0.4 is 5.32 Å². The topological polar surface area (TPSA) is 77.1 Å². The van der Waals surface area contributed by atoms with Crippen molar-refractivity contribution in [3.8, 4) is 5.82 Å². The molecule has 0 aliphatic heterocycles. The smallest absolute Gasteiger partial charge is 0.352 e. The Morgan fingerprint density at radius 2 is 2.09 bits per heavy atom. The van der Waals surface area contributed by atoms with Crippen LogP contribution in [0, 0.1) is 0 Å². The van der Waals surface area contributed by atoms with Crippen LogP contribution in [0.25, 0.3) is 22.4 Å². The summed E-state index contributed by atoms with van der Waals surface area (Å²) in [5, 5.41) is 12.6. The molecule has 0 bridgehead atoms. The number of nitrogens with zero attached hydrogens (tertiary/aromatic N) is 5. The van der Waals surface area contributed by atoms with Crippen LogP contribution in [0.15, 0.2) is 42.7 Å². The van der Waals surface area contributed by atoms with Crippen molar-refractivity contribution in [2.45, 2.75) is 0 Å². The Hall–Kier alpha value is -3.29. The van der Waals surface area contributed by atoms with Crippen LogP contribution >= 0.6 is 0 Å². The van der Waals surface area contributed by atoms with Crippen LogP contribution in [0.1, 0.15) is 10.5 Å². The molecule has 0 amide bonds. The van der Waals surface area contributed by atoms with Crippen LogP contribution in [0.3, 0.4) is 0 Å². The third kappa shape index (κ3) is 1.95. The van der Waals surface area contributed by atoms with Crippen molar-refractivity contribution in [2.24, 2.45) is 0 Å². The average molecular weight is 310 g/mol. The number of fused-ring (bicyclic) bond motifs is 2. The van der Waals surface area contributed by atoms with E-state index < -0.39 is 6.04 Å². The molecule has 114 valence electrons. The van der Waals surface area contributed by atoms with Crippen LogP contribution in [-0.4, -0.2) is 37.5 Å². The number of rotatable bonds is 3. The van der Waals surface area contributed by atoms with E-state index in [1.54, 1.807) is 24.0 Å². The summed E-state index contributed by atoms with van der Waals surface area (Å²) in [5.41, 5.74) is 1.61. The fourth-order valence-electron chi connectivity index (χ4n) is 2.53. The molecule has 1 aromatic carbocycles. The van der Waals surface area contributed by atoms with Gasteiger partial charge in [0.25, 0.3) is 0 Å². The van der Waals surface area contributed by atoms with Gasteiger partial charge in [-0.05, 0) is 6.07 Å². The molecule has 4 rings (SSSR count). The summed E-state index contributed by atoms with van der Waals surface area (Å²) in [5.74, 6) is 0.448. The van der Waals surface area contributed by atoms with E-state index in [1.807, 2.05) is 24.3 Å². The normalized spacial score (nSPS) is 11.2. The Kier molecular flexibility index (Phi) is 2.83. The summed E-state index contributed by atoms with van der Waals surface area (Å²) >= 11 is 0. The predicted octanol–water partition coefficient (Wildman–Crippen LogP) is 2.22. The molecule has 23 heavy (non-hydrogen) atoms. The maximum Gasteiger partial charge on any atom is 0.352 e. The Morgan fingerprint density at radius 3 is 2.87 bits per heavy atom. The lowest BCUT2D eigenvalue weighted by molar-refractivity contribution is 0.0828. The number of carbonyl (C=O) groups excluding carboxylic acids is 1. The van der Waals surface area contributed by atoms with E-state index in [0.29, 0.717) is 17.2 Å². The largest absolute Gasteiger partial charge is 0.385 e. The van der Waals surface area contributed by atoms with E-state index in [2.05, 4.69) is 20.5 Å². The highest BCUT2D eigenvalue weighted by Gasteiger charge is 2.17. The first-order valence-corrected chi connectivity index (χ1v) is 6.88. The molecule has 0 atom stereocenters. The Balaban J connectivity index is 2.03. The molecule has 0 aliphatic rings. The highest BCUT2D eigenvalue weighted by Crippen LogP contribution is 2.22. The number of halogens is 1. The van der Waals surface area contributed by atoms with Gasteiger partial charge in [0.1, 0.15) is 0 Å². The molecule has 0 fully saturated rings. The summed E-state index contributed by atoms with van der Waals surface area (Å²) < 4.78 is 16.0. The fourth-order valence-corrected chi connectivity index (χ4v) is 2.53. The van der Waals surface area contributed by atoms with Crippen molar-refractivity contribution >= 4 is 28.3 Å². The highest BCUT2D eigenvalue weighted by atomic mass is 19.1. The van der Waals surface area contributed by atoms with Crippen molar-refractivity contribution < 1.29 is 9.18 Å². The SMILES string of the molecule is CNc1cc(-n2ncc3ccccc32)nn2c(C(=O)F)cnc12. The van der Waals surface area contributed by atoms with Crippen LogP contribution in [-0.2, 0) is 0 Å². The Bertz CT molecular complexity index is 1050. The van der Waals surface area contributed by atoms with Crippen molar-refractivity contribution in [2.75, 3.05) is 12.4 Å². The molecular formula is C15H11FN6O. The minimum Gasteiger partial charge on any atom is -0.385 e. The van der Waals surface area contributed by atoms with Crippen LogP contribution in [0.2, 0.25) is 0 Å². The van der Waals surface area contributed by atoms with Gasteiger partial charge in [-0.3, -0.25) is 4.79 Å². The second-order valence-electron chi connectivity index (χ2n) is 4.93. The van der Waals surface area contributed by atoms with E-state index in [-0.39, 0.29) is 5.69 Å². The minimum absolute atomic E-state index is 0.227. The minimum atomic E-state index is -1.59. The van der Waals surface area contributed by atoms with Gasteiger partial charge in [0.2, 0.25) is 0 Å². The zero-order valence-electron chi connectivity index (χ0n) is 12.1. The number of anilines is 1. The molecule has 0 aliphatic carbocycles. The van der Waals surface area contributed by atoms with Crippen LogP contribution in [0.4, 0.5) is 10.1 Å². The van der Waals surface area contributed by atoms with Gasteiger partial charge in [-0.2, -0.15) is 9.49 Å². The first-order valence-electron chi connectivity index (χ1n) is 6.88. The van der Waals surface area contributed by atoms with Crippen molar-refractivity contribution in [3.05, 3.63) is 48.4 Å². The van der Waals surface area contributed by atoms with Gasteiger partial charge in [0, 0.05) is 18.5 Å². The second kappa shape index (κ2) is 4.87. The lowest BCUT2D eigenvalue weighted by atomic mass is 10.2. The molecule has 3 heterocycles. The molecule has 0 saturated carbocycles. The molecule has 3 aromatic heterocycles. The fraction of sp³-hybridized carbons (Fsp3) is 0.0667. The van der Waals surface area contributed by atoms with Gasteiger partial charge >= 0.3 is 6.04 Å². The Labute approximate surface area is 129 Å². The zero-order valence-corrected chi connectivity index (χ0v) is 12.1. The van der Waals surface area contributed by atoms with Crippen molar-refractivity contribution in [3.63, 3.8) is 0 Å². The van der Waals surface area contributed by atoms with E-state index in [9.17, 15) is 9.18 Å². The summed E-state index contributed by atoms with van der Waals surface area (Å²) in [6, 6.07) is 7.81. The second-order valence-corrected chi connectivity index (χ2v) is 4.93. The first kappa shape index (κ1) is 13.4. The lowest BCUT2D eigenvalue weighted by Gasteiger charge is -2.08. The molecule has 0 unspecified atom stereocenters. The monoisotopic (exact) mass is 310 g/mol. The predicted molar refractivity (Wildman–Crippen MR) is 82.6 cm³/mol. The third-order valence-corrected chi connectivity index (χ3v) is 3.62. The number of para-hydroxylation sites is 1. The van der Waals surface area contributed by atoms with Gasteiger partial charge in [-0.25, -0.2) is 14.2 Å². The van der Waals surface area contributed by atoms with Gasteiger partial charge < -0.3 is 5.32 Å². The van der Waals surface area contributed by atoms with E-state index in [0.717, 1.165) is 17.1 Å². The van der Waals surface area contributed by atoms with E-state index >= 15 is 0 Å². The van der Waals surface area contributed by atoms with Gasteiger partial charge in [0.15, 0.2) is 17.2 Å². The van der Waals surface area contributed by atoms with E-state index in [1.165, 1.54) is 4.52 Å². The summed E-state index contributed by atoms with van der Waals surface area (Å²) in [4.78, 5) is 15.2. The maximum atomic E-state index is 13.2. The lowest BCUT2D eigenvalue weighted by Crippen LogP contribution is -2.09. The van der Waals surface area contributed by atoms with E-state index in [4.69, 9.17) is 0 Å². The summed E-state index contributed by atoms with van der Waals surface area (Å²) in [6.45, 7) is 0. The molecule has 8 heteroatoms. The van der Waals surface area contributed by atoms with Gasteiger partial charge in [0.05, 0.1) is 23.6 Å². The number of benzene rings is 1. The summed E-state index contributed by atoms with van der Waals surface area (Å²) in [6.07, 6.45) is 2.88. The number of hydrogen-bond donors (Lipinski definition) is 1. The maximum absolute atomic E-state index is 13.2. The number of hydrogen-bond acceptors (Lipinski definition) is 5. The average Bonchev–Trinajstić information content (AvgIpc) is 3.17. The quantitative estimate of drug-likeness (QED) is 0.587. The molecule has 0 saturated heterocycles. The molecule has 0 radical (unpaired) electrons. The molecule has 4 aromatic rings. The molecular weight excluding hydrogens is 299 g/mol.